The van der Waals surface area contributed by atoms with Gasteiger partial charge in [-0.2, -0.15) is 0 Å². The van der Waals surface area contributed by atoms with E-state index >= 15 is 0 Å². The molecule has 0 radical (unpaired) electrons. The van der Waals surface area contributed by atoms with Crippen LogP contribution in [0.5, 0.6) is 0 Å². The van der Waals surface area contributed by atoms with Gasteiger partial charge in [0.25, 0.3) is 0 Å². The summed E-state index contributed by atoms with van der Waals surface area (Å²) in [6.45, 7) is 1.47. The molecule has 2 aromatic rings. The predicted octanol–water partition coefficient (Wildman–Crippen LogP) is 3.17. The van der Waals surface area contributed by atoms with Gasteiger partial charge in [0.2, 0.25) is 0 Å². The lowest BCUT2D eigenvalue weighted by atomic mass is 10.2. The minimum atomic E-state index is -0.999. The van der Waals surface area contributed by atoms with Crippen LogP contribution in [0.4, 0.5) is 0 Å². The molecule has 1 heterocycles. The summed E-state index contributed by atoms with van der Waals surface area (Å²) in [6, 6.07) is 11.6. The molecule has 2 rings (SSSR count). The first-order valence-electron chi connectivity index (χ1n) is 6.16. The molecule has 0 aliphatic rings. The van der Waals surface area contributed by atoms with Gasteiger partial charge in [-0.15, -0.1) is 0 Å². The van der Waals surface area contributed by atoms with Crippen LogP contribution in [0, 0.1) is 0 Å². The standard InChI is InChI=1S/C15H15BrN2O2/c1-18(9-11-3-2-4-13(16)7-11)10-12-5-6-17-14(8-12)15(19)20/h2-8H,9-10H2,1H3,(H,19,20). The summed E-state index contributed by atoms with van der Waals surface area (Å²) in [5, 5.41) is 8.93. The number of hydrogen-bond donors (Lipinski definition) is 1. The van der Waals surface area contributed by atoms with Crippen molar-refractivity contribution in [2.24, 2.45) is 0 Å². The molecule has 104 valence electrons. The summed E-state index contributed by atoms with van der Waals surface area (Å²) < 4.78 is 1.06. The summed E-state index contributed by atoms with van der Waals surface area (Å²) in [7, 11) is 2.00. The average Bonchev–Trinajstić information content (AvgIpc) is 2.38. The van der Waals surface area contributed by atoms with Crippen molar-refractivity contribution in [2.75, 3.05) is 7.05 Å². The van der Waals surface area contributed by atoms with Gasteiger partial charge >= 0.3 is 5.97 Å². The third kappa shape index (κ3) is 4.15. The largest absolute Gasteiger partial charge is 0.477 e. The van der Waals surface area contributed by atoms with Gasteiger partial charge in [-0.05, 0) is 42.4 Å². The molecule has 0 aliphatic carbocycles. The van der Waals surface area contributed by atoms with Crippen molar-refractivity contribution in [3.63, 3.8) is 0 Å². The van der Waals surface area contributed by atoms with Crippen LogP contribution in [0.15, 0.2) is 47.1 Å². The van der Waals surface area contributed by atoms with Gasteiger partial charge in [-0.25, -0.2) is 9.78 Å². The lowest BCUT2D eigenvalue weighted by molar-refractivity contribution is 0.0690. The van der Waals surface area contributed by atoms with Gasteiger partial charge in [0.1, 0.15) is 5.69 Å². The SMILES string of the molecule is CN(Cc1cccc(Br)c1)Cc1ccnc(C(=O)O)c1. The van der Waals surface area contributed by atoms with Crippen LogP contribution in [-0.4, -0.2) is 28.0 Å². The highest BCUT2D eigenvalue weighted by atomic mass is 79.9. The zero-order chi connectivity index (χ0) is 14.5. The lowest BCUT2D eigenvalue weighted by Gasteiger charge is -2.17. The summed E-state index contributed by atoms with van der Waals surface area (Å²) >= 11 is 3.45. The predicted molar refractivity (Wildman–Crippen MR) is 80.5 cm³/mol. The fourth-order valence-electron chi connectivity index (χ4n) is 2.00. The molecular formula is C15H15BrN2O2. The maximum atomic E-state index is 10.9. The number of carboxylic acid groups (broad SMARTS) is 1. The number of benzene rings is 1. The molecule has 0 saturated heterocycles. The van der Waals surface area contributed by atoms with E-state index in [2.05, 4.69) is 37.9 Å². The minimum Gasteiger partial charge on any atom is -0.477 e. The fraction of sp³-hybridized carbons (Fsp3) is 0.200. The Morgan fingerprint density at radius 1 is 1.25 bits per heavy atom. The van der Waals surface area contributed by atoms with Crippen LogP contribution in [0.25, 0.3) is 0 Å². The maximum Gasteiger partial charge on any atom is 0.354 e. The summed E-state index contributed by atoms with van der Waals surface area (Å²) in [5.74, 6) is -0.999. The molecular weight excluding hydrogens is 320 g/mol. The first kappa shape index (κ1) is 14.7. The maximum absolute atomic E-state index is 10.9. The van der Waals surface area contributed by atoms with Crippen molar-refractivity contribution in [1.29, 1.82) is 0 Å². The Hall–Kier alpha value is -1.72. The van der Waals surface area contributed by atoms with E-state index in [9.17, 15) is 4.79 Å². The average molecular weight is 335 g/mol. The zero-order valence-electron chi connectivity index (χ0n) is 11.1. The Bertz CT molecular complexity index is 616. The number of halogens is 1. The normalized spacial score (nSPS) is 10.8. The summed E-state index contributed by atoms with van der Waals surface area (Å²) in [6.07, 6.45) is 1.53. The number of aromatic carboxylic acids is 1. The van der Waals surface area contributed by atoms with E-state index in [-0.39, 0.29) is 5.69 Å². The first-order chi connectivity index (χ1) is 9.54. The van der Waals surface area contributed by atoms with Crippen LogP contribution in [-0.2, 0) is 13.1 Å². The van der Waals surface area contributed by atoms with Gasteiger partial charge in [-0.3, -0.25) is 4.90 Å². The zero-order valence-corrected chi connectivity index (χ0v) is 12.7. The van der Waals surface area contributed by atoms with Gasteiger partial charge < -0.3 is 5.11 Å². The van der Waals surface area contributed by atoms with E-state index in [0.717, 1.165) is 16.6 Å². The van der Waals surface area contributed by atoms with Gasteiger partial charge in [0.05, 0.1) is 0 Å². The van der Waals surface area contributed by atoms with Crippen LogP contribution in [0.2, 0.25) is 0 Å². The van der Waals surface area contributed by atoms with Gasteiger partial charge in [0, 0.05) is 23.8 Å². The van der Waals surface area contributed by atoms with Crippen molar-refractivity contribution < 1.29 is 9.90 Å². The summed E-state index contributed by atoms with van der Waals surface area (Å²) in [5.41, 5.74) is 2.22. The Kier molecular flexibility index (Phi) is 4.87. The number of aromatic nitrogens is 1. The van der Waals surface area contributed by atoms with Crippen LogP contribution >= 0.6 is 15.9 Å². The number of hydrogen-bond acceptors (Lipinski definition) is 3. The highest BCUT2D eigenvalue weighted by Crippen LogP contribution is 2.14. The van der Waals surface area contributed by atoms with Crippen molar-refractivity contribution in [3.05, 3.63) is 63.9 Å². The number of carboxylic acids is 1. The molecule has 1 aromatic heterocycles. The molecule has 0 spiro atoms. The van der Waals surface area contributed by atoms with Crippen LogP contribution in [0.3, 0.4) is 0 Å². The Morgan fingerprint density at radius 2 is 1.95 bits per heavy atom. The highest BCUT2D eigenvalue weighted by Gasteiger charge is 2.07. The Morgan fingerprint density at radius 3 is 2.60 bits per heavy atom. The Balaban J connectivity index is 2.02. The third-order valence-electron chi connectivity index (χ3n) is 2.84. The quantitative estimate of drug-likeness (QED) is 0.912. The second-order valence-electron chi connectivity index (χ2n) is 4.66. The minimum absolute atomic E-state index is 0.0818. The summed E-state index contributed by atoms with van der Waals surface area (Å²) in [4.78, 5) is 16.8. The van der Waals surface area contributed by atoms with E-state index in [0.29, 0.717) is 6.54 Å². The molecule has 0 atom stereocenters. The molecule has 5 heteroatoms. The van der Waals surface area contributed by atoms with Crippen molar-refractivity contribution in [3.8, 4) is 0 Å². The second kappa shape index (κ2) is 6.63. The number of pyridine rings is 1. The molecule has 1 aromatic carbocycles. The monoisotopic (exact) mass is 334 g/mol. The topological polar surface area (TPSA) is 53.4 Å². The van der Waals surface area contributed by atoms with Crippen LogP contribution in [0.1, 0.15) is 21.6 Å². The number of nitrogens with zero attached hydrogens (tertiary/aromatic N) is 2. The molecule has 20 heavy (non-hydrogen) atoms. The molecule has 1 N–H and O–H groups in total. The first-order valence-corrected chi connectivity index (χ1v) is 6.95. The van der Waals surface area contributed by atoms with Crippen molar-refractivity contribution in [2.45, 2.75) is 13.1 Å². The van der Waals surface area contributed by atoms with E-state index in [4.69, 9.17) is 5.11 Å². The second-order valence-corrected chi connectivity index (χ2v) is 5.57. The third-order valence-corrected chi connectivity index (χ3v) is 3.33. The van der Waals surface area contributed by atoms with Gasteiger partial charge in [0.15, 0.2) is 0 Å². The van der Waals surface area contributed by atoms with Gasteiger partial charge in [-0.1, -0.05) is 28.1 Å². The Labute approximate surface area is 126 Å². The van der Waals surface area contributed by atoms with E-state index < -0.39 is 5.97 Å². The van der Waals surface area contributed by atoms with Crippen molar-refractivity contribution >= 4 is 21.9 Å². The van der Waals surface area contributed by atoms with E-state index in [1.54, 1.807) is 6.07 Å². The van der Waals surface area contributed by atoms with E-state index in [1.165, 1.54) is 11.8 Å². The fourth-order valence-corrected chi connectivity index (χ4v) is 2.45. The molecule has 0 aliphatic heterocycles. The molecule has 4 nitrogen and oxygen atoms in total. The molecule has 0 fully saturated rings. The lowest BCUT2D eigenvalue weighted by Crippen LogP contribution is -2.17. The number of carbonyl (C=O) groups is 1. The number of rotatable bonds is 5. The molecule has 0 unspecified atom stereocenters. The van der Waals surface area contributed by atoms with E-state index in [1.807, 2.05) is 25.2 Å². The smallest absolute Gasteiger partial charge is 0.354 e. The molecule has 0 amide bonds. The molecule has 0 bridgehead atoms. The van der Waals surface area contributed by atoms with Crippen molar-refractivity contribution in [1.82, 2.24) is 9.88 Å². The molecule has 0 saturated carbocycles. The van der Waals surface area contributed by atoms with Crippen LogP contribution < -0.4 is 0 Å². The highest BCUT2D eigenvalue weighted by molar-refractivity contribution is 9.10.